The lowest BCUT2D eigenvalue weighted by molar-refractivity contribution is 0.238. The molecule has 0 N–H and O–H groups in total. The van der Waals surface area contributed by atoms with Gasteiger partial charge in [-0.25, -0.2) is 0 Å². The first kappa shape index (κ1) is 16.2. The van der Waals surface area contributed by atoms with Crippen LogP contribution in [0, 0.1) is 0 Å². The molecule has 1 saturated heterocycles. The first-order chi connectivity index (χ1) is 12.4. The number of rotatable bonds is 7. The van der Waals surface area contributed by atoms with Crippen LogP contribution in [0.5, 0.6) is 5.75 Å². The van der Waals surface area contributed by atoms with Crippen LogP contribution in [0.15, 0.2) is 40.5 Å². The Balaban J connectivity index is 1.32. The lowest BCUT2D eigenvalue weighted by atomic mass is 10.2. The number of nitrogens with zero attached hydrogens (tertiary/aromatic N) is 4. The van der Waals surface area contributed by atoms with Gasteiger partial charge in [0, 0.05) is 23.2 Å². The SMILES string of the molecule is c1ncc(Cc2nc(-c3ccc(OCCN4CCCC4)cc3)no2)s1. The Morgan fingerprint density at radius 2 is 2.00 bits per heavy atom. The lowest BCUT2D eigenvalue weighted by Gasteiger charge is -2.14. The third kappa shape index (κ3) is 4.24. The van der Waals surface area contributed by atoms with Gasteiger partial charge in [0.2, 0.25) is 11.7 Å². The molecule has 0 atom stereocenters. The molecule has 2 aromatic heterocycles. The Labute approximate surface area is 150 Å². The van der Waals surface area contributed by atoms with E-state index >= 15 is 0 Å². The number of hydrogen-bond donors (Lipinski definition) is 0. The van der Waals surface area contributed by atoms with E-state index in [1.807, 2.05) is 30.5 Å². The molecule has 4 rings (SSSR count). The lowest BCUT2D eigenvalue weighted by Crippen LogP contribution is -2.25. The van der Waals surface area contributed by atoms with Gasteiger partial charge in [0.15, 0.2) is 0 Å². The molecular weight excluding hydrogens is 336 g/mol. The second-order valence-corrected chi connectivity index (χ2v) is 7.05. The highest BCUT2D eigenvalue weighted by Gasteiger charge is 2.12. The van der Waals surface area contributed by atoms with Crippen LogP contribution in [0.2, 0.25) is 0 Å². The molecule has 25 heavy (non-hydrogen) atoms. The standard InChI is InChI=1S/C18H20N4O2S/c1-2-8-22(7-1)9-10-23-15-5-3-14(4-6-15)18-20-17(24-21-18)11-16-12-19-13-25-16/h3-6,12-13H,1-2,7-11H2. The highest BCUT2D eigenvalue weighted by atomic mass is 32.1. The van der Waals surface area contributed by atoms with E-state index in [9.17, 15) is 0 Å². The van der Waals surface area contributed by atoms with E-state index in [0.29, 0.717) is 18.1 Å². The fourth-order valence-corrected chi connectivity index (χ4v) is 3.51. The topological polar surface area (TPSA) is 64.3 Å². The van der Waals surface area contributed by atoms with Crippen molar-refractivity contribution in [1.82, 2.24) is 20.0 Å². The average molecular weight is 356 g/mol. The zero-order valence-corrected chi connectivity index (χ0v) is 14.7. The summed E-state index contributed by atoms with van der Waals surface area (Å²) >= 11 is 1.58. The number of hydrogen-bond acceptors (Lipinski definition) is 7. The highest BCUT2D eigenvalue weighted by Crippen LogP contribution is 2.21. The third-order valence-corrected chi connectivity index (χ3v) is 5.04. The number of thiazole rings is 1. The first-order valence-corrected chi connectivity index (χ1v) is 9.40. The quantitative estimate of drug-likeness (QED) is 0.647. The number of benzene rings is 1. The molecule has 0 spiro atoms. The molecule has 0 amide bonds. The van der Waals surface area contributed by atoms with Crippen LogP contribution in [0.1, 0.15) is 23.6 Å². The predicted octanol–water partition coefficient (Wildman–Crippen LogP) is 3.26. The van der Waals surface area contributed by atoms with E-state index in [1.54, 1.807) is 16.8 Å². The van der Waals surface area contributed by atoms with E-state index < -0.39 is 0 Å². The molecule has 130 valence electrons. The van der Waals surface area contributed by atoms with Crippen LogP contribution < -0.4 is 4.74 Å². The molecule has 3 aromatic rings. The van der Waals surface area contributed by atoms with Crippen LogP contribution >= 0.6 is 11.3 Å². The molecule has 1 fully saturated rings. The summed E-state index contributed by atoms with van der Waals surface area (Å²) in [7, 11) is 0. The molecule has 0 saturated carbocycles. The van der Waals surface area contributed by atoms with E-state index in [1.165, 1.54) is 25.9 Å². The molecule has 1 aromatic carbocycles. The molecule has 6 nitrogen and oxygen atoms in total. The molecule has 1 aliphatic rings. The fourth-order valence-electron chi connectivity index (χ4n) is 2.92. The van der Waals surface area contributed by atoms with Crippen molar-refractivity contribution in [3.8, 4) is 17.1 Å². The summed E-state index contributed by atoms with van der Waals surface area (Å²) in [5.41, 5.74) is 2.72. The first-order valence-electron chi connectivity index (χ1n) is 8.52. The van der Waals surface area contributed by atoms with Gasteiger partial charge in [-0.1, -0.05) is 5.16 Å². The van der Waals surface area contributed by atoms with Gasteiger partial charge >= 0.3 is 0 Å². The molecule has 3 heterocycles. The summed E-state index contributed by atoms with van der Waals surface area (Å²) in [6.07, 6.45) is 5.06. The van der Waals surface area contributed by atoms with Gasteiger partial charge in [0.1, 0.15) is 12.4 Å². The zero-order valence-electron chi connectivity index (χ0n) is 13.9. The molecule has 0 aliphatic carbocycles. The van der Waals surface area contributed by atoms with E-state index in [0.717, 1.165) is 29.3 Å². The molecule has 0 bridgehead atoms. The van der Waals surface area contributed by atoms with Gasteiger partial charge in [-0.2, -0.15) is 4.98 Å². The van der Waals surface area contributed by atoms with Crippen molar-refractivity contribution in [3.05, 3.63) is 46.7 Å². The summed E-state index contributed by atoms with van der Waals surface area (Å²) in [6.45, 7) is 4.11. The Kier molecular flexibility index (Phi) is 5.03. The maximum atomic E-state index is 5.82. The molecular formula is C18H20N4O2S. The van der Waals surface area contributed by atoms with Crippen molar-refractivity contribution in [1.29, 1.82) is 0 Å². The summed E-state index contributed by atoms with van der Waals surface area (Å²) in [5.74, 6) is 2.07. The third-order valence-electron chi connectivity index (χ3n) is 4.26. The predicted molar refractivity (Wildman–Crippen MR) is 95.8 cm³/mol. The number of aromatic nitrogens is 3. The van der Waals surface area contributed by atoms with E-state index in [-0.39, 0.29) is 0 Å². The second-order valence-electron chi connectivity index (χ2n) is 6.08. The summed E-state index contributed by atoms with van der Waals surface area (Å²) in [6, 6.07) is 7.84. The van der Waals surface area contributed by atoms with Crippen LogP contribution in [0.4, 0.5) is 0 Å². The van der Waals surface area contributed by atoms with Crippen LogP contribution in [0.3, 0.4) is 0 Å². The smallest absolute Gasteiger partial charge is 0.232 e. The van der Waals surface area contributed by atoms with Crippen LogP contribution in [0.25, 0.3) is 11.4 Å². The normalized spacial score (nSPS) is 14.9. The van der Waals surface area contributed by atoms with Gasteiger partial charge in [0.25, 0.3) is 0 Å². The Morgan fingerprint density at radius 3 is 2.76 bits per heavy atom. The van der Waals surface area contributed by atoms with E-state index in [4.69, 9.17) is 9.26 Å². The van der Waals surface area contributed by atoms with Gasteiger partial charge in [-0.05, 0) is 50.2 Å². The average Bonchev–Trinajstić information content (AvgIpc) is 3.39. The second kappa shape index (κ2) is 7.76. The fraction of sp³-hybridized carbons (Fsp3) is 0.389. The molecule has 7 heteroatoms. The number of likely N-dealkylation sites (tertiary alicyclic amines) is 1. The van der Waals surface area contributed by atoms with Crippen molar-refractivity contribution in [2.75, 3.05) is 26.2 Å². The summed E-state index contributed by atoms with van der Waals surface area (Å²) < 4.78 is 11.1. The van der Waals surface area contributed by atoms with Gasteiger partial charge < -0.3 is 9.26 Å². The van der Waals surface area contributed by atoms with Crippen molar-refractivity contribution in [3.63, 3.8) is 0 Å². The number of ether oxygens (including phenoxy) is 1. The Morgan fingerprint density at radius 1 is 1.16 bits per heavy atom. The summed E-state index contributed by atoms with van der Waals surface area (Å²) in [4.78, 5) is 12.1. The molecule has 0 unspecified atom stereocenters. The van der Waals surface area contributed by atoms with Crippen molar-refractivity contribution in [2.45, 2.75) is 19.3 Å². The van der Waals surface area contributed by atoms with Crippen molar-refractivity contribution in [2.24, 2.45) is 0 Å². The maximum absolute atomic E-state index is 5.82. The minimum atomic E-state index is 0.600. The zero-order chi connectivity index (χ0) is 16.9. The maximum Gasteiger partial charge on any atom is 0.232 e. The van der Waals surface area contributed by atoms with Gasteiger partial charge in [-0.3, -0.25) is 9.88 Å². The monoisotopic (exact) mass is 356 g/mol. The largest absolute Gasteiger partial charge is 0.492 e. The Hall–Kier alpha value is -2.25. The van der Waals surface area contributed by atoms with E-state index in [2.05, 4.69) is 20.0 Å². The van der Waals surface area contributed by atoms with Crippen LogP contribution in [-0.4, -0.2) is 46.3 Å². The Bertz CT molecular complexity index is 780. The van der Waals surface area contributed by atoms with Gasteiger partial charge in [0.05, 0.1) is 11.9 Å². The molecule has 0 radical (unpaired) electrons. The van der Waals surface area contributed by atoms with Gasteiger partial charge in [-0.15, -0.1) is 11.3 Å². The van der Waals surface area contributed by atoms with Crippen molar-refractivity contribution < 1.29 is 9.26 Å². The van der Waals surface area contributed by atoms with Crippen molar-refractivity contribution >= 4 is 11.3 Å². The minimum Gasteiger partial charge on any atom is -0.492 e. The minimum absolute atomic E-state index is 0.600. The molecule has 1 aliphatic heterocycles. The summed E-state index contributed by atoms with van der Waals surface area (Å²) in [5, 5.41) is 4.06. The van der Waals surface area contributed by atoms with Crippen LogP contribution in [-0.2, 0) is 6.42 Å². The highest BCUT2D eigenvalue weighted by molar-refractivity contribution is 7.09.